The molecule has 114 valence electrons. The molecule has 1 atom stereocenters. The average molecular weight is 301 g/mol. The highest BCUT2D eigenvalue weighted by molar-refractivity contribution is 5.93. The Morgan fingerprint density at radius 1 is 1.27 bits per heavy atom. The van der Waals surface area contributed by atoms with E-state index in [1.807, 2.05) is 0 Å². The number of pyridine rings is 1. The highest BCUT2D eigenvalue weighted by Crippen LogP contribution is 2.20. The van der Waals surface area contributed by atoms with Crippen molar-refractivity contribution in [2.24, 2.45) is 0 Å². The molecular weight excluding hydrogens is 285 g/mol. The molecule has 1 unspecified atom stereocenters. The first-order valence-electron chi connectivity index (χ1n) is 7.12. The van der Waals surface area contributed by atoms with Crippen LogP contribution in [0.4, 0.5) is 21.6 Å². The summed E-state index contributed by atoms with van der Waals surface area (Å²) in [5.74, 6) is -0.0716. The SMILES string of the molecule is O=C(Nc1ccc(Nc2ccccc2F)cn1)C1CCCO1. The Morgan fingerprint density at radius 2 is 2.14 bits per heavy atom. The summed E-state index contributed by atoms with van der Waals surface area (Å²) in [6.45, 7) is 0.622. The maximum absolute atomic E-state index is 13.5. The van der Waals surface area contributed by atoms with Crippen molar-refractivity contribution < 1.29 is 13.9 Å². The van der Waals surface area contributed by atoms with Gasteiger partial charge in [0.2, 0.25) is 0 Å². The van der Waals surface area contributed by atoms with E-state index >= 15 is 0 Å². The first kappa shape index (κ1) is 14.5. The van der Waals surface area contributed by atoms with E-state index < -0.39 is 6.10 Å². The zero-order valence-corrected chi connectivity index (χ0v) is 11.9. The Bertz CT molecular complexity index is 655. The maximum Gasteiger partial charge on any atom is 0.254 e. The Morgan fingerprint density at radius 3 is 2.82 bits per heavy atom. The number of nitrogens with zero attached hydrogens (tertiary/aromatic N) is 1. The minimum atomic E-state index is -0.391. The minimum Gasteiger partial charge on any atom is -0.368 e. The second kappa shape index (κ2) is 6.53. The molecule has 0 spiro atoms. The predicted octanol–water partition coefficient (Wildman–Crippen LogP) is 3.08. The summed E-state index contributed by atoms with van der Waals surface area (Å²) < 4.78 is 18.9. The third kappa shape index (κ3) is 3.40. The minimum absolute atomic E-state index is 0.181. The van der Waals surface area contributed by atoms with Gasteiger partial charge >= 0.3 is 0 Å². The fourth-order valence-corrected chi connectivity index (χ4v) is 2.25. The summed E-state index contributed by atoms with van der Waals surface area (Å²) >= 11 is 0. The Labute approximate surface area is 127 Å². The Balaban J connectivity index is 1.63. The number of aromatic nitrogens is 1. The number of para-hydroxylation sites is 1. The average Bonchev–Trinajstić information content (AvgIpc) is 3.06. The number of halogens is 1. The summed E-state index contributed by atoms with van der Waals surface area (Å²) in [5, 5.41) is 5.64. The number of anilines is 3. The summed E-state index contributed by atoms with van der Waals surface area (Å²) in [7, 11) is 0. The summed E-state index contributed by atoms with van der Waals surface area (Å²) in [6.07, 6.45) is 2.78. The van der Waals surface area contributed by atoms with Crippen LogP contribution in [0.2, 0.25) is 0 Å². The van der Waals surface area contributed by atoms with Gasteiger partial charge in [0.25, 0.3) is 5.91 Å². The summed E-state index contributed by atoms with van der Waals surface area (Å²) in [6, 6.07) is 9.78. The number of benzene rings is 1. The zero-order valence-electron chi connectivity index (χ0n) is 11.9. The van der Waals surface area contributed by atoms with E-state index in [9.17, 15) is 9.18 Å². The van der Waals surface area contributed by atoms with Gasteiger partial charge in [0.05, 0.1) is 17.6 Å². The van der Waals surface area contributed by atoms with Gasteiger partial charge < -0.3 is 15.4 Å². The van der Waals surface area contributed by atoms with Crippen LogP contribution in [-0.2, 0) is 9.53 Å². The van der Waals surface area contributed by atoms with Crippen molar-refractivity contribution in [3.63, 3.8) is 0 Å². The van der Waals surface area contributed by atoms with Gasteiger partial charge in [0.1, 0.15) is 17.7 Å². The Kier molecular flexibility index (Phi) is 4.29. The smallest absolute Gasteiger partial charge is 0.254 e. The van der Waals surface area contributed by atoms with Crippen molar-refractivity contribution in [2.45, 2.75) is 18.9 Å². The Hall–Kier alpha value is -2.47. The molecule has 3 rings (SSSR count). The van der Waals surface area contributed by atoms with E-state index in [1.54, 1.807) is 30.3 Å². The van der Waals surface area contributed by atoms with Crippen molar-refractivity contribution >= 4 is 23.1 Å². The summed E-state index contributed by atoms with van der Waals surface area (Å²) in [4.78, 5) is 16.0. The second-order valence-electron chi connectivity index (χ2n) is 5.03. The van der Waals surface area contributed by atoms with Crippen LogP contribution in [0, 0.1) is 5.82 Å². The molecule has 1 fully saturated rings. The van der Waals surface area contributed by atoms with Crippen molar-refractivity contribution in [3.05, 3.63) is 48.4 Å². The molecule has 6 heteroatoms. The second-order valence-corrected chi connectivity index (χ2v) is 5.03. The van der Waals surface area contributed by atoms with Gasteiger partial charge in [-0.25, -0.2) is 9.37 Å². The topological polar surface area (TPSA) is 63.2 Å². The van der Waals surface area contributed by atoms with Crippen LogP contribution in [0.15, 0.2) is 42.6 Å². The van der Waals surface area contributed by atoms with Crippen LogP contribution in [0.1, 0.15) is 12.8 Å². The van der Waals surface area contributed by atoms with Gasteiger partial charge in [-0.1, -0.05) is 12.1 Å². The molecule has 5 nitrogen and oxygen atoms in total. The van der Waals surface area contributed by atoms with Gasteiger partial charge in [-0.05, 0) is 37.1 Å². The van der Waals surface area contributed by atoms with Gasteiger partial charge in [0.15, 0.2) is 0 Å². The molecule has 1 aliphatic heterocycles. The molecule has 1 amide bonds. The lowest BCUT2D eigenvalue weighted by atomic mass is 10.2. The van der Waals surface area contributed by atoms with Crippen molar-refractivity contribution in [1.29, 1.82) is 0 Å². The largest absolute Gasteiger partial charge is 0.368 e. The molecule has 0 bridgehead atoms. The maximum atomic E-state index is 13.5. The van der Waals surface area contributed by atoms with Gasteiger partial charge in [-0.3, -0.25) is 4.79 Å². The lowest BCUT2D eigenvalue weighted by Gasteiger charge is -2.11. The number of carbonyl (C=O) groups is 1. The number of amides is 1. The van der Waals surface area contributed by atoms with E-state index in [2.05, 4.69) is 15.6 Å². The third-order valence-electron chi connectivity index (χ3n) is 3.39. The lowest BCUT2D eigenvalue weighted by molar-refractivity contribution is -0.124. The first-order valence-corrected chi connectivity index (χ1v) is 7.12. The monoisotopic (exact) mass is 301 g/mol. The number of hydrogen-bond acceptors (Lipinski definition) is 4. The van der Waals surface area contributed by atoms with Crippen LogP contribution in [0.25, 0.3) is 0 Å². The molecule has 0 radical (unpaired) electrons. The van der Waals surface area contributed by atoms with E-state index in [-0.39, 0.29) is 11.7 Å². The number of ether oxygens (including phenoxy) is 1. The molecule has 1 saturated heterocycles. The third-order valence-corrected chi connectivity index (χ3v) is 3.39. The van der Waals surface area contributed by atoms with Crippen LogP contribution in [0.3, 0.4) is 0 Å². The molecule has 2 heterocycles. The fraction of sp³-hybridized carbons (Fsp3) is 0.250. The van der Waals surface area contributed by atoms with Crippen LogP contribution < -0.4 is 10.6 Å². The molecule has 0 aliphatic carbocycles. The van der Waals surface area contributed by atoms with E-state index in [0.717, 1.165) is 12.8 Å². The fourth-order valence-electron chi connectivity index (χ4n) is 2.25. The standard InChI is InChI=1S/C16H16FN3O2/c17-12-4-1-2-5-13(12)19-11-7-8-15(18-10-11)20-16(21)14-6-3-9-22-14/h1-2,4-5,7-8,10,14,19H,3,6,9H2,(H,18,20,21). The predicted molar refractivity (Wildman–Crippen MR) is 81.5 cm³/mol. The molecule has 22 heavy (non-hydrogen) atoms. The van der Waals surface area contributed by atoms with Crippen molar-refractivity contribution in [1.82, 2.24) is 4.98 Å². The van der Waals surface area contributed by atoms with E-state index in [1.165, 1.54) is 12.3 Å². The molecule has 0 saturated carbocycles. The van der Waals surface area contributed by atoms with Crippen LogP contribution in [-0.4, -0.2) is 23.6 Å². The highest BCUT2D eigenvalue weighted by atomic mass is 19.1. The number of rotatable bonds is 4. The number of hydrogen-bond donors (Lipinski definition) is 2. The number of nitrogens with one attached hydrogen (secondary N) is 2. The van der Waals surface area contributed by atoms with Crippen LogP contribution >= 0.6 is 0 Å². The zero-order chi connectivity index (χ0) is 15.4. The van der Waals surface area contributed by atoms with E-state index in [0.29, 0.717) is 23.8 Å². The summed E-state index contributed by atoms with van der Waals surface area (Å²) in [5.41, 5.74) is 1.01. The number of carbonyl (C=O) groups excluding carboxylic acids is 1. The molecular formula is C16H16FN3O2. The van der Waals surface area contributed by atoms with Gasteiger partial charge in [-0.15, -0.1) is 0 Å². The molecule has 2 aromatic rings. The molecule has 1 aliphatic rings. The lowest BCUT2D eigenvalue weighted by Crippen LogP contribution is -2.27. The quantitative estimate of drug-likeness (QED) is 0.911. The van der Waals surface area contributed by atoms with Crippen molar-refractivity contribution in [2.75, 3.05) is 17.2 Å². The van der Waals surface area contributed by atoms with Gasteiger partial charge in [0, 0.05) is 6.61 Å². The normalized spacial score (nSPS) is 17.2. The molecule has 1 aromatic heterocycles. The van der Waals surface area contributed by atoms with Gasteiger partial charge in [-0.2, -0.15) is 0 Å². The van der Waals surface area contributed by atoms with E-state index in [4.69, 9.17) is 4.74 Å². The van der Waals surface area contributed by atoms with Crippen molar-refractivity contribution in [3.8, 4) is 0 Å². The first-order chi connectivity index (χ1) is 10.7. The molecule has 1 aromatic carbocycles. The van der Waals surface area contributed by atoms with Crippen LogP contribution in [0.5, 0.6) is 0 Å². The highest BCUT2D eigenvalue weighted by Gasteiger charge is 2.23. The molecule has 2 N–H and O–H groups in total.